The molecule has 86 valence electrons. The lowest BCUT2D eigenvalue weighted by atomic mass is 9.75. The van der Waals surface area contributed by atoms with Crippen LogP contribution in [0.2, 0.25) is 0 Å². The molecule has 0 heterocycles. The number of carbonyl (C=O) groups excluding carboxylic acids is 1. The van der Waals surface area contributed by atoms with Crippen molar-refractivity contribution in [3.05, 3.63) is 0 Å². The maximum absolute atomic E-state index is 11.2. The minimum absolute atomic E-state index is 0.123. The fraction of sp³-hybridized carbons (Fsp3) is 0.923. The lowest BCUT2D eigenvalue weighted by Crippen LogP contribution is -2.41. The first kappa shape index (κ1) is 11.0. The lowest BCUT2D eigenvalue weighted by Gasteiger charge is -2.38. The molecule has 0 saturated heterocycles. The molecule has 0 radical (unpaired) electrons. The van der Waals surface area contributed by atoms with Crippen LogP contribution in [0.25, 0.3) is 0 Å². The van der Waals surface area contributed by atoms with Gasteiger partial charge in [0, 0.05) is 12.8 Å². The monoisotopic (exact) mass is 210 g/mol. The summed E-state index contributed by atoms with van der Waals surface area (Å²) in [4.78, 5) is 11.2. The van der Waals surface area contributed by atoms with Gasteiger partial charge >= 0.3 is 5.97 Å². The Balaban J connectivity index is 2.09. The molecule has 0 spiro atoms. The van der Waals surface area contributed by atoms with Gasteiger partial charge in [-0.2, -0.15) is 0 Å². The largest absolute Gasteiger partial charge is 0.459 e. The predicted molar refractivity (Wildman–Crippen MR) is 59.4 cm³/mol. The van der Waals surface area contributed by atoms with Crippen molar-refractivity contribution in [1.29, 1.82) is 0 Å². The molecule has 2 bridgehead atoms. The summed E-state index contributed by atoms with van der Waals surface area (Å²) in [5, 5.41) is 0. The first-order chi connectivity index (χ1) is 7.05. The van der Waals surface area contributed by atoms with Crippen molar-refractivity contribution >= 4 is 5.97 Å². The van der Waals surface area contributed by atoms with Crippen LogP contribution in [0.1, 0.15) is 52.9 Å². The Morgan fingerprint density at radius 2 is 2.13 bits per heavy atom. The van der Waals surface area contributed by atoms with Crippen LogP contribution < -0.4 is 0 Å². The summed E-state index contributed by atoms with van der Waals surface area (Å²) in [6, 6.07) is 0. The molecule has 0 aromatic rings. The van der Waals surface area contributed by atoms with Crippen LogP contribution in [0.5, 0.6) is 0 Å². The minimum atomic E-state index is -0.203. The van der Waals surface area contributed by atoms with Crippen molar-refractivity contribution in [2.24, 2.45) is 17.8 Å². The van der Waals surface area contributed by atoms with E-state index in [-0.39, 0.29) is 11.6 Å². The number of carbonyl (C=O) groups is 1. The molecular formula is C13H22O2. The minimum Gasteiger partial charge on any atom is -0.459 e. The van der Waals surface area contributed by atoms with E-state index in [0.29, 0.717) is 5.92 Å². The molecule has 0 N–H and O–H groups in total. The highest BCUT2D eigenvalue weighted by Gasteiger charge is 2.49. The van der Waals surface area contributed by atoms with Gasteiger partial charge in [0.15, 0.2) is 0 Å². The van der Waals surface area contributed by atoms with Crippen molar-refractivity contribution in [3.8, 4) is 0 Å². The van der Waals surface area contributed by atoms with Gasteiger partial charge in [-0.3, -0.25) is 4.79 Å². The first-order valence-corrected chi connectivity index (χ1v) is 6.24. The van der Waals surface area contributed by atoms with E-state index >= 15 is 0 Å². The molecule has 2 heteroatoms. The summed E-state index contributed by atoms with van der Waals surface area (Å²) >= 11 is 0. The Morgan fingerprint density at radius 3 is 2.53 bits per heavy atom. The van der Waals surface area contributed by atoms with E-state index in [4.69, 9.17) is 4.74 Å². The third kappa shape index (κ3) is 1.91. The zero-order valence-corrected chi connectivity index (χ0v) is 10.1. The van der Waals surface area contributed by atoms with Crippen LogP contribution >= 0.6 is 0 Å². The Kier molecular flexibility index (Phi) is 2.78. The normalized spacial score (nSPS) is 37.7. The second-order valence-electron chi connectivity index (χ2n) is 5.54. The second-order valence-corrected chi connectivity index (χ2v) is 5.54. The van der Waals surface area contributed by atoms with Crippen LogP contribution in [0.3, 0.4) is 0 Å². The summed E-state index contributed by atoms with van der Waals surface area (Å²) < 4.78 is 5.58. The van der Waals surface area contributed by atoms with E-state index in [1.165, 1.54) is 32.6 Å². The molecule has 2 nitrogen and oxygen atoms in total. The molecule has 4 atom stereocenters. The zero-order chi connectivity index (χ0) is 11.1. The van der Waals surface area contributed by atoms with E-state index < -0.39 is 0 Å². The molecule has 0 aromatic carbocycles. The molecule has 3 unspecified atom stereocenters. The van der Waals surface area contributed by atoms with Crippen LogP contribution in [0.4, 0.5) is 0 Å². The number of hydrogen-bond donors (Lipinski definition) is 0. The average Bonchev–Trinajstić information content (AvgIpc) is 2.77. The quantitative estimate of drug-likeness (QED) is 0.669. The molecule has 2 aliphatic rings. The van der Waals surface area contributed by atoms with E-state index in [1.54, 1.807) is 0 Å². The molecule has 2 saturated carbocycles. The van der Waals surface area contributed by atoms with Gasteiger partial charge in [0.1, 0.15) is 5.60 Å². The topological polar surface area (TPSA) is 26.3 Å². The van der Waals surface area contributed by atoms with E-state index in [2.05, 4.69) is 13.8 Å². The highest BCUT2D eigenvalue weighted by molar-refractivity contribution is 5.66. The summed E-state index contributed by atoms with van der Waals surface area (Å²) in [6.07, 6.45) is 6.36. The SMILES string of the molecule is CCC(C)(OC(C)=O)C1CC2CC[C@H]1C2. The average molecular weight is 210 g/mol. The number of hydrogen-bond acceptors (Lipinski definition) is 2. The van der Waals surface area contributed by atoms with Crippen LogP contribution in [-0.2, 0) is 9.53 Å². The van der Waals surface area contributed by atoms with Crippen molar-refractivity contribution in [2.75, 3.05) is 0 Å². The van der Waals surface area contributed by atoms with Crippen LogP contribution in [-0.4, -0.2) is 11.6 Å². The maximum atomic E-state index is 11.2. The van der Waals surface area contributed by atoms with Gasteiger partial charge < -0.3 is 4.74 Å². The van der Waals surface area contributed by atoms with Gasteiger partial charge in [-0.15, -0.1) is 0 Å². The number of esters is 1. The first-order valence-electron chi connectivity index (χ1n) is 6.24. The molecule has 2 fully saturated rings. The third-order valence-electron chi connectivity index (χ3n) is 4.60. The van der Waals surface area contributed by atoms with Gasteiger partial charge in [0.25, 0.3) is 0 Å². The number of fused-ring (bicyclic) bond motifs is 2. The summed E-state index contributed by atoms with van der Waals surface area (Å²) in [7, 11) is 0. The van der Waals surface area contributed by atoms with Crippen molar-refractivity contribution < 1.29 is 9.53 Å². The van der Waals surface area contributed by atoms with Gasteiger partial charge in [0.2, 0.25) is 0 Å². The van der Waals surface area contributed by atoms with E-state index in [0.717, 1.165) is 18.3 Å². The summed E-state index contributed by atoms with van der Waals surface area (Å²) in [6.45, 7) is 5.79. The molecule has 2 aliphatic carbocycles. The van der Waals surface area contributed by atoms with Crippen LogP contribution in [0, 0.1) is 17.8 Å². The molecule has 2 rings (SSSR count). The highest BCUT2D eigenvalue weighted by atomic mass is 16.6. The zero-order valence-electron chi connectivity index (χ0n) is 10.1. The lowest BCUT2D eigenvalue weighted by molar-refractivity contribution is -0.164. The third-order valence-corrected chi connectivity index (χ3v) is 4.60. The number of ether oxygens (including phenoxy) is 1. The Hall–Kier alpha value is -0.530. The van der Waals surface area contributed by atoms with Crippen molar-refractivity contribution in [1.82, 2.24) is 0 Å². The van der Waals surface area contributed by atoms with Crippen molar-refractivity contribution in [2.45, 2.75) is 58.5 Å². The Morgan fingerprint density at radius 1 is 1.40 bits per heavy atom. The fourth-order valence-electron chi connectivity index (χ4n) is 3.73. The van der Waals surface area contributed by atoms with Gasteiger partial charge in [-0.25, -0.2) is 0 Å². The number of rotatable bonds is 3. The molecule has 0 aromatic heterocycles. The standard InChI is InChI=1S/C13H22O2/c1-4-13(3,15-9(2)14)12-8-10-5-6-11(12)7-10/h10-12H,4-8H2,1-3H3/t10?,11-,12?,13?/m0/s1. The summed E-state index contributed by atoms with van der Waals surface area (Å²) in [5.74, 6) is 2.23. The molecule has 0 amide bonds. The van der Waals surface area contributed by atoms with Gasteiger partial charge in [-0.1, -0.05) is 13.3 Å². The highest BCUT2D eigenvalue weighted by Crippen LogP contribution is 2.53. The van der Waals surface area contributed by atoms with Crippen LogP contribution in [0.15, 0.2) is 0 Å². The predicted octanol–water partition coefficient (Wildman–Crippen LogP) is 3.15. The molecular weight excluding hydrogens is 188 g/mol. The smallest absolute Gasteiger partial charge is 0.303 e. The fourth-order valence-corrected chi connectivity index (χ4v) is 3.73. The molecule has 0 aliphatic heterocycles. The molecule has 15 heavy (non-hydrogen) atoms. The second kappa shape index (κ2) is 3.80. The van der Waals surface area contributed by atoms with Gasteiger partial charge in [-0.05, 0) is 44.4 Å². The van der Waals surface area contributed by atoms with E-state index in [1.807, 2.05) is 0 Å². The van der Waals surface area contributed by atoms with Gasteiger partial charge in [0.05, 0.1) is 0 Å². The summed E-state index contributed by atoms with van der Waals surface area (Å²) in [5.41, 5.74) is -0.203. The van der Waals surface area contributed by atoms with E-state index in [9.17, 15) is 4.79 Å². The Bertz CT molecular complexity index is 261. The Labute approximate surface area is 92.4 Å². The van der Waals surface area contributed by atoms with Crippen molar-refractivity contribution in [3.63, 3.8) is 0 Å². The maximum Gasteiger partial charge on any atom is 0.303 e.